The summed E-state index contributed by atoms with van der Waals surface area (Å²) in [5, 5.41) is 30.6. The van der Waals surface area contributed by atoms with E-state index in [1.807, 2.05) is 0 Å². The van der Waals surface area contributed by atoms with Gasteiger partial charge in [-0.15, -0.1) is 0 Å². The molecule has 3 N–H and O–H groups in total. The molecule has 38 heavy (non-hydrogen) atoms. The highest BCUT2D eigenvalue weighted by atomic mass is 16.7. The maximum Gasteiger partial charge on any atom is 0.187 e. The van der Waals surface area contributed by atoms with E-state index in [9.17, 15) is 20.1 Å². The van der Waals surface area contributed by atoms with Gasteiger partial charge in [-0.2, -0.15) is 0 Å². The lowest BCUT2D eigenvalue weighted by molar-refractivity contribution is -0.369. The van der Waals surface area contributed by atoms with Gasteiger partial charge in [0.1, 0.15) is 30.5 Å². The Morgan fingerprint density at radius 2 is 1.39 bits per heavy atom. The molecule has 0 spiro atoms. The van der Waals surface area contributed by atoms with E-state index >= 15 is 0 Å². The molecule has 0 radical (unpaired) electrons. The van der Waals surface area contributed by atoms with Crippen molar-refractivity contribution < 1.29 is 53.3 Å². The Labute approximate surface area is 220 Å². The van der Waals surface area contributed by atoms with Crippen LogP contribution in [0.1, 0.15) is 34.9 Å². The molecule has 4 rings (SSSR count). The third-order valence-corrected chi connectivity index (χ3v) is 6.87. The summed E-state index contributed by atoms with van der Waals surface area (Å²) in [6.07, 6.45) is -6.87. The van der Waals surface area contributed by atoms with Crippen LogP contribution < -0.4 is 18.9 Å². The minimum atomic E-state index is -1.36. The van der Waals surface area contributed by atoms with Crippen LogP contribution in [0.25, 0.3) is 0 Å². The molecule has 2 fully saturated rings. The van der Waals surface area contributed by atoms with Crippen LogP contribution in [0.4, 0.5) is 0 Å². The van der Waals surface area contributed by atoms with E-state index in [4.69, 9.17) is 33.2 Å². The molecule has 0 aliphatic carbocycles. The molecule has 0 saturated carbocycles. The molecule has 2 heterocycles. The van der Waals surface area contributed by atoms with Crippen LogP contribution >= 0.6 is 0 Å². The molecule has 2 saturated heterocycles. The standard InChI is InChI=1S/C27H34O11/c1-32-17-8-5-14(11-20(17)34-3)16(29)7-10-19-25(15-6-9-18(33-2)21(12-15)35-4)38-26-24(31)23(30)22(13-28)37-27(26)36-19/h5-6,8-9,11-12,19,22-28,30-31H,7,10,13H2,1-4H3/t19-,22-,23-,24+,25-,26-,27-/m1/s1. The maximum absolute atomic E-state index is 13.1. The number of carbonyl (C=O) groups excluding carboxylic acids is 1. The lowest BCUT2D eigenvalue weighted by Gasteiger charge is -2.48. The summed E-state index contributed by atoms with van der Waals surface area (Å²) in [6, 6.07) is 10.2. The van der Waals surface area contributed by atoms with E-state index in [0.717, 1.165) is 0 Å². The number of Topliss-reactive ketones (excluding diaryl/α,β-unsaturated/α-hetero) is 1. The molecule has 2 aliphatic rings. The third kappa shape index (κ3) is 5.58. The third-order valence-electron chi connectivity index (χ3n) is 6.87. The molecule has 11 nitrogen and oxygen atoms in total. The summed E-state index contributed by atoms with van der Waals surface area (Å²) in [5.41, 5.74) is 1.11. The average Bonchev–Trinajstić information content (AvgIpc) is 2.96. The zero-order valence-electron chi connectivity index (χ0n) is 21.7. The van der Waals surface area contributed by atoms with Gasteiger partial charge in [0.2, 0.25) is 0 Å². The maximum atomic E-state index is 13.1. The number of fused-ring (bicyclic) bond motifs is 1. The first-order valence-electron chi connectivity index (χ1n) is 12.3. The first kappa shape index (κ1) is 28.1. The number of aliphatic hydroxyl groups excluding tert-OH is 3. The number of hydrogen-bond donors (Lipinski definition) is 3. The second kappa shape index (κ2) is 12.3. The molecule has 0 unspecified atom stereocenters. The molecular formula is C27H34O11. The number of carbonyl (C=O) groups is 1. The number of ketones is 1. The minimum absolute atomic E-state index is 0.110. The van der Waals surface area contributed by atoms with Gasteiger partial charge >= 0.3 is 0 Å². The normalized spacial score (nSPS) is 28.8. The number of aliphatic hydroxyl groups is 3. The second-order valence-electron chi connectivity index (χ2n) is 9.05. The Kier molecular flexibility index (Phi) is 9.08. The van der Waals surface area contributed by atoms with Crippen molar-refractivity contribution in [2.24, 2.45) is 0 Å². The Balaban J connectivity index is 1.59. The van der Waals surface area contributed by atoms with E-state index in [1.165, 1.54) is 28.4 Å². The zero-order chi connectivity index (χ0) is 27.4. The summed E-state index contributed by atoms with van der Waals surface area (Å²) < 4.78 is 39.5. The fraction of sp³-hybridized carbons (Fsp3) is 0.519. The van der Waals surface area contributed by atoms with Crippen molar-refractivity contribution in [3.05, 3.63) is 47.5 Å². The minimum Gasteiger partial charge on any atom is -0.493 e. The monoisotopic (exact) mass is 534 g/mol. The number of ether oxygens (including phenoxy) is 7. The van der Waals surface area contributed by atoms with Gasteiger partial charge in [0.05, 0.1) is 41.2 Å². The smallest absolute Gasteiger partial charge is 0.187 e. The number of methoxy groups -OCH3 is 4. The predicted octanol–water partition coefficient (Wildman–Crippen LogP) is 1.65. The number of hydrogen-bond acceptors (Lipinski definition) is 11. The molecule has 11 heteroatoms. The van der Waals surface area contributed by atoms with Gasteiger partial charge in [-0.1, -0.05) is 6.07 Å². The van der Waals surface area contributed by atoms with Gasteiger partial charge in [0, 0.05) is 12.0 Å². The van der Waals surface area contributed by atoms with Crippen molar-refractivity contribution in [2.45, 2.75) is 55.8 Å². The van der Waals surface area contributed by atoms with Crippen LogP contribution in [0.5, 0.6) is 23.0 Å². The lowest BCUT2D eigenvalue weighted by Crippen LogP contribution is -2.63. The summed E-state index contributed by atoms with van der Waals surface area (Å²) in [7, 11) is 6.06. The van der Waals surface area contributed by atoms with E-state index < -0.39 is 49.5 Å². The van der Waals surface area contributed by atoms with Gasteiger partial charge in [-0.25, -0.2) is 0 Å². The van der Waals surface area contributed by atoms with Crippen molar-refractivity contribution in [2.75, 3.05) is 35.0 Å². The van der Waals surface area contributed by atoms with Crippen LogP contribution in [0.15, 0.2) is 36.4 Å². The Bertz CT molecular complexity index is 1110. The van der Waals surface area contributed by atoms with Crippen LogP contribution in [-0.2, 0) is 14.2 Å². The molecule has 2 aromatic rings. The van der Waals surface area contributed by atoms with Crippen LogP contribution in [-0.4, -0.2) is 93.0 Å². The first-order chi connectivity index (χ1) is 18.3. The summed E-state index contributed by atoms with van der Waals surface area (Å²) in [6.45, 7) is -0.508. The Morgan fingerprint density at radius 1 is 0.789 bits per heavy atom. The van der Waals surface area contributed by atoms with Crippen molar-refractivity contribution >= 4 is 5.78 Å². The summed E-state index contributed by atoms with van der Waals surface area (Å²) in [4.78, 5) is 13.1. The fourth-order valence-electron chi connectivity index (χ4n) is 4.78. The van der Waals surface area contributed by atoms with Gasteiger partial charge in [-0.3, -0.25) is 4.79 Å². The highest BCUT2D eigenvalue weighted by Gasteiger charge is 2.51. The largest absolute Gasteiger partial charge is 0.493 e. The van der Waals surface area contributed by atoms with Crippen molar-refractivity contribution in [1.29, 1.82) is 0 Å². The van der Waals surface area contributed by atoms with E-state index in [1.54, 1.807) is 36.4 Å². The lowest BCUT2D eigenvalue weighted by atomic mass is 9.93. The summed E-state index contributed by atoms with van der Waals surface area (Å²) in [5.74, 6) is 1.81. The molecule has 208 valence electrons. The van der Waals surface area contributed by atoms with Gasteiger partial charge in [0.25, 0.3) is 0 Å². The van der Waals surface area contributed by atoms with Gasteiger partial charge in [0.15, 0.2) is 35.1 Å². The second-order valence-corrected chi connectivity index (χ2v) is 9.05. The fourth-order valence-corrected chi connectivity index (χ4v) is 4.78. The Hall–Kier alpha value is -2.93. The van der Waals surface area contributed by atoms with Crippen LogP contribution in [0, 0.1) is 0 Å². The van der Waals surface area contributed by atoms with Crippen molar-refractivity contribution in [3.63, 3.8) is 0 Å². The molecule has 0 bridgehead atoms. The number of benzene rings is 2. The molecule has 7 atom stereocenters. The molecule has 0 amide bonds. The van der Waals surface area contributed by atoms with Crippen molar-refractivity contribution in [1.82, 2.24) is 0 Å². The molecule has 2 aliphatic heterocycles. The van der Waals surface area contributed by atoms with Crippen molar-refractivity contribution in [3.8, 4) is 23.0 Å². The highest BCUT2D eigenvalue weighted by molar-refractivity contribution is 5.96. The molecular weight excluding hydrogens is 500 g/mol. The SMILES string of the molecule is COc1ccc(C(=O)CC[C@H]2O[C@@H]3O[C@H](CO)[C@@H](O)[C@H](O)[C@H]3O[C@@H]2c2ccc(OC)c(OC)c2)cc1OC. The average molecular weight is 535 g/mol. The van der Waals surface area contributed by atoms with Gasteiger partial charge < -0.3 is 48.5 Å². The number of rotatable bonds is 10. The molecule has 2 aromatic carbocycles. The predicted molar refractivity (Wildman–Crippen MR) is 133 cm³/mol. The van der Waals surface area contributed by atoms with Crippen LogP contribution in [0.3, 0.4) is 0 Å². The highest BCUT2D eigenvalue weighted by Crippen LogP contribution is 2.41. The summed E-state index contributed by atoms with van der Waals surface area (Å²) >= 11 is 0. The molecule has 0 aromatic heterocycles. The van der Waals surface area contributed by atoms with E-state index in [0.29, 0.717) is 34.1 Å². The quantitative estimate of drug-likeness (QED) is 0.383. The van der Waals surface area contributed by atoms with E-state index in [2.05, 4.69) is 0 Å². The van der Waals surface area contributed by atoms with Gasteiger partial charge in [-0.05, 0) is 42.3 Å². The first-order valence-corrected chi connectivity index (χ1v) is 12.3. The Morgan fingerprint density at radius 3 is 2.03 bits per heavy atom. The topological polar surface area (TPSA) is 142 Å². The zero-order valence-corrected chi connectivity index (χ0v) is 21.7. The van der Waals surface area contributed by atoms with E-state index in [-0.39, 0.29) is 18.6 Å². The van der Waals surface area contributed by atoms with Crippen LogP contribution in [0.2, 0.25) is 0 Å².